The van der Waals surface area contributed by atoms with Crippen LogP contribution in [0.2, 0.25) is 0 Å². The molecule has 26 heavy (non-hydrogen) atoms. The summed E-state index contributed by atoms with van der Waals surface area (Å²) in [4.78, 5) is 0. The summed E-state index contributed by atoms with van der Waals surface area (Å²) in [5.41, 5.74) is 9.05. The Morgan fingerprint density at radius 3 is 2.35 bits per heavy atom. The van der Waals surface area contributed by atoms with Gasteiger partial charge in [0.2, 0.25) is 0 Å². The quantitative estimate of drug-likeness (QED) is 0.410. The molecule has 0 amide bonds. The molecule has 0 unspecified atom stereocenters. The van der Waals surface area contributed by atoms with E-state index in [1.54, 1.807) is 0 Å². The highest BCUT2D eigenvalue weighted by molar-refractivity contribution is 14.1. The molecule has 0 saturated heterocycles. The molecule has 4 rings (SSSR count). The highest BCUT2D eigenvalue weighted by Gasteiger charge is 2.35. The van der Waals surface area contributed by atoms with Gasteiger partial charge in [-0.1, -0.05) is 56.3 Å². The number of benzene rings is 3. The highest BCUT2D eigenvalue weighted by Crippen LogP contribution is 2.49. The van der Waals surface area contributed by atoms with E-state index in [-0.39, 0.29) is 5.41 Å². The molecule has 3 aromatic carbocycles. The zero-order valence-electron chi connectivity index (χ0n) is 15.3. The third-order valence-corrected chi connectivity index (χ3v) is 6.20. The first-order chi connectivity index (χ1) is 12.5. The Hall–Kier alpha value is -2.07. The maximum Gasteiger partial charge on any atom is 0.0390 e. The molecule has 1 nitrogen and oxygen atoms in total. The molecule has 1 aliphatic rings. The molecule has 0 bridgehead atoms. The van der Waals surface area contributed by atoms with Crippen molar-refractivity contribution >= 4 is 40.0 Å². The predicted octanol–water partition coefficient (Wildman–Crippen LogP) is 7.37. The van der Waals surface area contributed by atoms with Gasteiger partial charge in [-0.25, -0.2) is 0 Å². The lowest BCUT2D eigenvalue weighted by Gasteiger charge is -2.22. The zero-order valence-corrected chi connectivity index (χ0v) is 17.5. The molecule has 0 fully saturated rings. The number of hydrogen-bond donors (Lipinski definition) is 1. The van der Waals surface area contributed by atoms with Crippen LogP contribution in [-0.4, -0.2) is 0 Å². The smallest absolute Gasteiger partial charge is 0.0390 e. The van der Waals surface area contributed by atoms with Gasteiger partial charge in [0.25, 0.3) is 0 Å². The highest BCUT2D eigenvalue weighted by atomic mass is 127. The van der Waals surface area contributed by atoms with Gasteiger partial charge in [-0.15, -0.1) is 0 Å². The molecule has 0 saturated carbocycles. The predicted molar refractivity (Wildman–Crippen MR) is 121 cm³/mol. The number of anilines is 2. The third-order valence-electron chi connectivity index (χ3n) is 5.21. The second kappa shape index (κ2) is 6.58. The van der Waals surface area contributed by atoms with Crippen molar-refractivity contribution in [2.45, 2.75) is 26.2 Å². The van der Waals surface area contributed by atoms with Crippen LogP contribution in [0.5, 0.6) is 0 Å². The van der Waals surface area contributed by atoms with Crippen LogP contribution in [0.4, 0.5) is 11.4 Å². The van der Waals surface area contributed by atoms with Gasteiger partial charge in [0.1, 0.15) is 0 Å². The van der Waals surface area contributed by atoms with E-state index in [2.05, 4.69) is 121 Å². The summed E-state index contributed by atoms with van der Waals surface area (Å²) in [7, 11) is 0. The first-order valence-corrected chi connectivity index (χ1v) is 10.0. The van der Waals surface area contributed by atoms with Crippen molar-refractivity contribution in [3.8, 4) is 11.1 Å². The van der Waals surface area contributed by atoms with Crippen LogP contribution in [0.15, 0.2) is 66.7 Å². The van der Waals surface area contributed by atoms with E-state index >= 15 is 0 Å². The van der Waals surface area contributed by atoms with E-state index in [9.17, 15) is 0 Å². The summed E-state index contributed by atoms with van der Waals surface area (Å²) in [6.45, 7) is 6.68. The minimum Gasteiger partial charge on any atom is -0.355 e. The van der Waals surface area contributed by atoms with Crippen molar-refractivity contribution in [1.29, 1.82) is 0 Å². The monoisotopic (exact) mass is 451 g/mol. The lowest BCUT2D eigenvalue weighted by molar-refractivity contribution is 0.660. The summed E-state index contributed by atoms with van der Waals surface area (Å²) in [6, 6.07) is 22.0. The minimum absolute atomic E-state index is 0.0335. The van der Waals surface area contributed by atoms with Crippen molar-refractivity contribution in [3.05, 3.63) is 87.0 Å². The van der Waals surface area contributed by atoms with E-state index < -0.39 is 0 Å². The van der Waals surface area contributed by atoms with Crippen LogP contribution < -0.4 is 5.32 Å². The number of hydrogen-bond acceptors (Lipinski definition) is 1. The maximum atomic E-state index is 3.59. The molecule has 0 heterocycles. The average Bonchev–Trinajstić information content (AvgIpc) is 2.86. The van der Waals surface area contributed by atoms with Crippen molar-refractivity contribution in [2.24, 2.45) is 0 Å². The molecule has 3 aromatic rings. The van der Waals surface area contributed by atoms with E-state index in [4.69, 9.17) is 0 Å². The fourth-order valence-corrected chi connectivity index (χ4v) is 4.39. The van der Waals surface area contributed by atoms with Crippen LogP contribution >= 0.6 is 22.6 Å². The third kappa shape index (κ3) is 2.86. The maximum absolute atomic E-state index is 3.59. The van der Waals surface area contributed by atoms with Gasteiger partial charge in [-0.2, -0.15) is 0 Å². The van der Waals surface area contributed by atoms with Gasteiger partial charge in [-0.3, -0.25) is 0 Å². The van der Waals surface area contributed by atoms with Crippen molar-refractivity contribution in [2.75, 3.05) is 5.32 Å². The summed E-state index contributed by atoms with van der Waals surface area (Å²) in [6.07, 6.45) is 4.23. The second-order valence-electron chi connectivity index (χ2n) is 7.29. The number of rotatable bonds is 3. The van der Waals surface area contributed by atoms with Crippen molar-refractivity contribution < 1.29 is 0 Å². The zero-order chi connectivity index (χ0) is 18.3. The first kappa shape index (κ1) is 17.3. The molecule has 0 radical (unpaired) electrons. The Bertz CT molecular complexity index is 1010. The molecular weight excluding hydrogens is 429 g/mol. The molecule has 0 aromatic heterocycles. The van der Waals surface area contributed by atoms with Gasteiger partial charge in [0.05, 0.1) is 0 Å². The van der Waals surface area contributed by atoms with E-state index in [1.165, 1.54) is 31.4 Å². The standard InChI is InChI=1S/C24H22IN/c1-4-7-16-14-17(11-13-23(16)25)26-18-10-12-20-19-8-5-6-9-21(19)24(2,3)22(20)15-18/h4-15,26H,1-3H3/b7-4-. The summed E-state index contributed by atoms with van der Waals surface area (Å²) in [5.74, 6) is 0. The Kier molecular flexibility index (Phi) is 4.39. The number of fused-ring (bicyclic) bond motifs is 3. The normalized spacial score (nSPS) is 14.3. The SMILES string of the molecule is C/C=C\c1cc(Nc2ccc3c(c2)C(C)(C)c2ccccc2-3)ccc1I. The second-order valence-corrected chi connectivity index (χ2v) is 8.45. The molecule has 2 heteroatoms. The Morgan fingerprint density at radius 2 is 1.54 bits per heavy atom. The van der Waals surface area contributed by atoms with Gasteiger partial charge >= 0.3 is 0 Å². The summed E-state index contributed by atoms with van der Waals surface area (Å²) < 4.78 is 1.26. The van der Waals surface area contributed by atoms with E-state index in [0.717, 1.165) is 11.4 Å². The van der Waals surface area contributed by atoms with Crippen LogP contribution in [-0.2, 0) is 5.41 Å². The van der Waals surface area contributed by atoms with Crippen LogP contribution in [0, 0.1) is 3.57 Å². The van der Waals surface area contributed by atoms with Gasteiger partial charge < -0.3 is 5.32 Å². The summed E-state index contributed by atoms with van der Waals surface area (Å²) >= 11 is 2.38. The van der Waals surface area contributed by atoms with Gasteiger partial charge in [0.15, 0.2) is 0 Å². The Labute approximate surface area is 169 Å². The van der Waals surface area contributed by atoms with Crippen molar-refractivity contribution in [1.82, 2.24) is 0 Å². The van der Waals surface area contributed by atoms with Crippen LogP contribution in [0.25, 0.3) is 17.2 Å². The van der Waals surface area contributed by atoms with Gasteiger partial charge in [0, 0.05) is 20.4 Å². The molecule has 1 N–H and O–H groups in total. The molecule has 0 aliphatic heterocycles. The van der Waals surface area contributed by atoms with Gasteiger partial charge in [-0.05, 0) is 87.7 Å². The molecular formula is C24H22IN. The van der Waals surface area contributed by atoms with Crippen molar-refractivity contribution in [3.63, 3.8) is 0 Å². The lowest BCUT2D eigenvalue weighted by atomic mass is 9.82. The van der Waals surface area contributed by atoms with E-state index in [0.29, 0.717) is 0 Å². The average molecular weight is 451 g/mol. The minimum atomic E-state index is 0.0335. The molecule has 1 aliphatic carbocycles. The van der Waals surface area contributed by atoms with Crippen LogP contribution in [0.3, 0.4) is 0 Å². The van der Waals surface area contributed by atoms with E-state index in [1.807, 2.05) is 0 Å². The fourth-order valence-electron chi connectivity index (χ4n) is 3.88. The first-order valence-electron chi connectivity index (χ1n) is 8.94. The largest absolute Gasteiger partial charge is 0.355 e. The van der Waals surface area contributed by atoms with Crippen LogP contribution in [0.1, 0.15) is 37.5 Å². The number of halogens is 1. The fraction of sp³-hybridized carbons (Fsp3) is 0.167. The number of nitrogens with one attached hydrogen (secondary N) is 1. The summed E-state index contributed by atoms with van der Waals surface area (Å²) in [5, 5.41) is 3.59. The Balaban J connectivity index is 1.72. The topological polar surface area (TPSA) is 12.0 Å². The molecule has 0 spiro atoms. The lowest BCUT2D eigenvalue weighted by Crippen LogP contribution is -2.15. The molecule has 0 atom stereocenters. The molecule has 130 valence electrons. The Morgan fingerprint density at radius 1 is 0.846 bits per heavy atom. The number of allylic oxidation sites excluding steroid dienone is 1.